The van der Waals surface area contributed by atoms with Crippen molar-refractivity contribution < 1.29 is 19.4 Å². The molecule has 0 aromatic heterocycles. The number of aliphatic hydroxyl groups excluding tert-OH is 1. The summed E-state index contributed by atoms with van der Waals surface area (Å²) < 4.78 is 10.5. The molecular formula is C18H26N2O4. The largest absolute Gasteiger partial charge is 0.497 e. The van der Waals surface area contributed by atoms with Crippen molar-refractivity contribution in [1.82, 2.24) is 9.80 Å². The smallest absolute Gasteiger partial charge is 0.256 e. The summed E-state index contributed by atoms with van der Waals surface area (Å²) in [5, 5.41) is 10.4. The molecule has 2 saturated heterocycles. The first-order valence-electron chi connectivity index (χ1n) is 8.61. The van der Waals surface area contributed by atoms with Gasteiger partial charge in [0.05, 0.1) is 7.11 Å². The van der Waals surface area contributed by atoms with E-state index in [9.17, 15) is 9.90 Å². The van der Waals surface area contributed by atoms with E-state index in [1.54, 1.807) is 36.3 Å². The number of piperazine rings is 1. The SMILES string of the molecule is COc1ccc(C(O)C(=O)N2CCN(C3CCOCC3)CC2)cc1. The Morgan fingerprint density at radius 3 is 2.38 bits per heavy atom. The predicted octanol–water partition coefficient (Wildman–Crippen LogP) is 1.05. The molecule has 1 unspecified atom stereocenters. The van der Waals surface area contributed by atoms with Crippen LogP contribution in [-0.4, -0.2) is 73.4 Å². The maximum atomic E-state index is 12.5. The zero-order chi connectivity index (χ0) is 16.9. The molecule has 1 N–H and O–H groups in total. The Hall–Kier alpha value is -1.63. The lowest BCUT2D eigenvalue weighted by Gasteiger charge is -2.41. The maximum absolute atomic E-state index is 12.5. The number of rotatable bonds is 4. The summed E-state index contributed by atoms with van der Waals surface area (Å²) in [6.45, 7) is 4.74. The Balaban J connectivity index is 1.53. The molecule has 132 valence electrons. The van der Waals surface area contributed by atoms with Crippen molar-refractivity contribution in [2.75, 3.05) is 46.5 Å². The number of carbonyl (C=O) groups excluding carboxylic acids is 1. The van der Waals surface area contributed by atoms with Crippen molar-refractivity contribution in [1.29, 1.82) is 0 Å². The first kappa shape index (κ1) is 17.2. The topological polar surface area (TPSA) is 62.2 Å². The van der Waals surface area contributed by atoms with E-state index in [-0.39, 0.29) is 5.91 Å². The molecule has 6 nitrogen and oxygen atoms in total. The molecule has 1 aromatic carbocycles. The van der Waals surface area contributed by atoms with Crippen LogP contribution in [0.2, 0.25) is 0 Å². The summed E-state index contributed by atoms with van der Waals surface area (Å²) in [7, 11) is 1.59. The number of carbonyl (C=O) groups is 1. The van der Waals surface area contributed by atoms with Crippen LogP contribution in [0.3, 0.4) is 0 Å². The van der Waals surface area contributed by atoms with Crippen LogP contribution in [0, 0.1) is 0 Å². The van der Waals surface area contributed by atoms with Crippen LogP contribution in [0.4, 0.5) is 0 Å². The third-order valence-corrected chi connectivity index (χ3v) is 5.00. The molecule has 1 aromatic rings. The number of benzene rings is 1. The van der Waals surface area contributed by atoms with E-state index in [4.69, 9.17) is 9.47 Å². The van der Waals surface area contributed by atoms with Gasteiger partial charge in [-0.05, 0) is 30.5 Å². The number of methoxy groups -OCH3 is 1. The molecule has 2 fully saturated rings. The lowest BCUT2D eigenvalue weighted by atomic mass is 10.1. The van der Waals surface area contributed by atoms with E-state index in [1.807, 2.05) is 0 Å². The van der Waals surface area contributed by atoms with Gasteiger partial charge >= 0.3 is 0 Å². The molecule has 24 heavy (non-hydrogen) atoms. The summed E-state index contributed by atoms with van der Waals surface area (Å²) in [6, 6.07) is 7.56. The number of aliphatic hydroxyl groups is 1. The number of hydrogen-bond acceptors (Lipinski definition) is 5. The molecule has 2 heterocycles. The molecule has 1 amide bonds. The minimum Gasteiger partial charge on any atom is -0.497 e. The zero-order valence-corrected chi connectivity index (χ0v) is 14.2. The summed E-state index contributed by atoms with van der Waals surface area (Å²) in [5.41, 5.74) is 0.604. The van der Waals surface area contributed by atoms with E-state index >= 15 is 0 Å². The molecule has 0 aliphatic carbocycles. The van der Waals surface area contributed by atoms with Crippen LogP contribution < -0.4 is 4.74 Å². The van der Waals surface area contributed by atoms with Gasteiger partial charge in [-0.1, -0.05) is 12.1 Å². The minimum absolute atomic E-state index is 0.216. The third-order valence-electron chi connectivity index (χ3n) is 5.00. The highest BCUT2D eigenvalue weighted by atomic mass is 16.5. The number of nitrogens with zero attached hydrogens (tertiary/aromatic N) is 2. The molecule has 3 rings (SSSR count). The molecular weight excluding hydrogens is 308 g/mol. The highest BCUT2D eigenvalue weighted by Gasteiger charge is 2.30. The average Bonchev–Trinajstić information content (AvgIpc) is 2.68. The Labute approximate surface area is 143 Å². The quantitative estimate of drug-likeness (QED) is 0.892. The lowest BCUT2D eigenvalue weighted by Crippen LogP contribution is -2.53. The highest BCUT2D eigenvalue weighted by Crippen LogP contribution is 2.21. The van der Waals surface area contributed by atoms with Crippen molar-refractivity contribution in [3.05, 3.63) is 29.8 Å². The second-order valence-corrected chi connectivity index (χ2v) is 6.38. The molecule has 0 bridgehead atoms. The van der Waals surface area contributed by atoms with Gasteiger partial charge in [-0.3, -0.25) is 9.69 Å². The van der Waals surface area contributed by atoms with Crippen molar-refractivity contribution in [3.8, 4) is 5.75 Å². The van der Waals surface area contributed by atoms with E-state index < -0.39 is 6.10 Å². The fourth-order valence-electron chi connectivity index (χ4n) is 3.46. The maximum Gasteiger partial charge on any atom is 0.256 e. The molecule has 0 saturated carbocycles. The van der Waals surface area contributed by atoms with Gasteiger partial charge in [0.15, 0.2) is 6.10 Å². The Morgan fingerprint density at radius 1 is 1.17 bits per heavy atom. The van der Waals surface area contributed by atoms with Gasteiger partial charge in [-0.2, -0.15) is 0 Å². The van der Waals surface area contributed by atoms with Crippen LogP contribution in [-0.2, 0) is 9.53 Å². The molecule has 1 atom stereocenters. The van der Waals surface area contributed by atoms with Crippen LogP contribution >= 0.6 is 0 Å². The third kappa shape index (κ3) is 3.88. The van der Waals surface area contributed by atoms with E-state index in [1.165, 1.54) is 0 Å². The fourth-order valence-corrected chi connectivity index (χ4v) is 3.46. The van der Waals surface area contributed by atoms with Gasteiger partial charge in [-0.15, -0.1) is 0 Å². The fraction of sp³-hybridized carbons (Fsp3) is 0.611. The van der Waals surface area contributed by atoms with Gasteiger partial charge in [0.2, 0.25) is 0 Å². The summed E-state index contributed by atoms with van der Waals surface area (Å²) in [5.74, 6) is 0.496. The van der Waals surface area contributed by atoms with E-state index in [2.05, 4.69) is 4.90 Å². The summed E-state index contributed by atoms with van der Waals surface area (Å²) in [4.78, 5) is 16.8. The molecule has 0 radical (unpaired) electrons. The average molecular weight is 334 g/mol. The van der Waals surface area contributed by atoms with Gasteiger partial charge in [0.25, 0.3) is 5.91 Å². The molecule has 2 aliphatic rings. The van der Waals surface area contributed by atoms with Crippen LogP contribution in [0.25, 0.3) is 0 Å². The first-order chi connectivity index (χ1) is 11.7. The van der Waals surface area contributed by atoms with Crippen LogP contribution in [0.15, 0.2) is 24.3 Å². The normalized spacial score (nSPS) is 21.5. The Kier molecular flexibility index (Phi) is 5.71. The second kappa shape index (κ2) is 7.96. The van der Waals surface area contributed by atoms with Crippen molar-refractivity contribution in [3.63, 3.8) is 0 Å². The molecule has 2 aliphatic heterocycles. The first-order valence-corrected chi connectivity index (χ1v) is 8.61. The van der Waals surface area contributed by atoms with Gasteiger partial charge in [0, 0.05) is 45.4 Å². The summed E-state index contributed by atoms with van der Waals surface area (Å²) in [6.07, 6.45) is 1.04. The van der Waals surface area contributed by atoms with Crippen molar-refractivity contribution in [2.24, 2.45) is 0 Å². The number of hydrogen-bond donors (Lipinski definition) is 1. The van der Waals surface area contributed by atoms with Crippen molar-refractivity contribution in [2.45, 2.75) is 25.0 Å². The van der Waals surface area contributed by atoms with Gasteiger partial charge < -0.3 is 19.5 Å². The highest BCUT2D eigenvalue weighted by molar-refractivity contribution is 5.82. The monoisotopic (exact) mass is 334 g/mol. The van der Waals surface area contributed by atoms with Gasteiger partial charge in [0.1, 0.15) is 5.75 Å². The molecule has 6 heteroatoms. The van der Waals surface area contributed by atoms with E-state index in [0.717, 1.165) is 39.1 Å². The van der Waals surface area contributed by atoms with Crippen LogP contribution in [0.5, 0.6) is 5.75 Å². The van der Waals surface area contributed by atoms with Gasteiger partial charge in [-0.25, -0.2) is 0 Å². The van der Waals surface area contributed by atoms with E-state index in [0.29, 0.717) is 30.4 Å². The number of ether oxygens (including phenoxy) is 2. The Bertz CT molecular complexity index is 534. The zero-order valence-electron chi connectivity index (χ0n) is 14.2. The summed E-state index contributed by atoms with van der Waals surface area (Å²) >= 11 is 0. The molecule has 0 spiro atoms. The minimum atomic E-state index is -1.11. The Morgan fingerprint density at radius 2 is 1.79 bits per heavy atom. The number of amides is 1. The second-order valence-electron chi connectivity index (χ2n) is 6.38. The lowest BCUT2D eigenvalue weighted by molar-refractivity contribution is -0.143. The standard InChI is InChI=1S/C18H26N2O4/c1-23-16-4-2-14(3-5-16)17(21)18(22)20-10-8-19(9-11-20)15-6-12-24-13-7-15/h2-5,15,17,21H,6-13H2,1H3. The predicted molar refractivity (Wildman–Crippen MR) is 89.9 cm³/mol. The van der Waals surface area contributed by atoms with Crippen molar-refractivity contribution >= 4 is 5.91 Å². The van der Waals surface area contributed by atoms with Crippen LogP contribution in [0.1, 0.15) is 24.5 Å².